The van der Waals surface area contributed by atoms with E-state index in [-0.39, 0.29) is 6.04 Å². The van der Waals surface area contributed by atoms with Gasteiger partial charge >= 0.3 is 0 Å². The SMILES string of the molecule is COc1ccc(C)cc1C(N)C1CCNC1. The molecule has 1 aliphatic heterocycles. The second kappa shape index (κ2) is 4.85. The third kappa shape index (κ3) is 2.20. The van der Waals surface area contributed by atoms with Crippen molar-refractivity contribution in [3.63, 3.8) is 0 Å². The molecule has 3 nitrogen and oxygen atoms in total. The van der Waals surface area contributed by atoms with E-state index in [2.05, 4.69) is 24.4 Å². The lowest BCUT2D eigenvalue weighted by Gasteiger charge is -2.21. The maximum Gasteiger partial charge on any atom is 0.123 e. The Hall–Kier alpha value is -1.06. The molecular weight excluding hydrogens is 200 g/mol. The van der Waals surface area contributed by atoms with Gasteiger partial charge in [-0.15, -0.1) is 0 Å². The Kier molecular flexibility index (Phi) is 3.46. The molecule has 1 aromatic carbocycles. The summed E-state index contributed by atoms with van der Waals surface area (Å²) < 4.78 is 5.38. The first kappa shape index (κ1) is 11.4. The van der Waals surface area contributed by atoms with Crippen molar-refractivity contribution < 1.29 is 4.74 Å². The Labute approximate surface area is 97.0 Å². The van der Waals surface area contributed by atoms with Gasteiger partial charge in [-0.25, -0.2) is 0 Å². The molecule has 1 heterocycles. The van der Waals surface area contributed by atoms with E-state index in [1.165, 1.54) is 5.56 Å². The smallest absolute Gasteiger partial charge is 0.123 e. The van der Waals surface area contributed by atoms with Crippen molar-refractivity contribution in [1.82, 2.24) is 5.32 Å². The number of benzene rings is 1. The van der Waals surface area contributed by atoms with E-state index >= 15 is 0 Å². The average molecular weight is 220 g/mol. The van der Waals surface area contributed by atoms with Crippen LogP contribution in [0.1, 0.15) is 23.6 Å². The number of methoxy groups -OCH3 is 1. The number of aryl methyl sites for hydroxylation is 1. The quantitative estimate of drug-likeness (QED) is 0.813. The van der Waals surface area contributed by atoms with E-state index in [1.54, 1.807) is 7.11 Å². The van der Waals surface area contributed by atoms with Gasteiger partial charge in [0.2, 0.25) is 0 Å². The summed E-state index contributed by atoms with van der Waals surface area (Å²) in [7, 11) is 1.70. The molecule has 0 saturated carbocycles. The van der Waals surface area contributed by atoms with E-state index in [0.717, 1.165) is 30.8 Å². The van der Waals surface area contributed by atoms with Gasteiger partial charge in [0.05, 0.1) is 7.11 Å². The zero-order valence-corrected chi connectivity index (χ0v) is 9.99. The molecule has 0 bridgehead atoms. The minimum Gasteiger partial charge on any atom is -0.496 e. The summed E-state index contributed by atoms with van der Waals surface area (Å²) in [5, 5.41) is 3.35. The van der Waals surface area contributed by atoms with Crippen molar-refractivity contribution in [2.24, 2.45) is 11.7 Å². The molecular formula is C13H20N2O. The van der Waals surface area contributed by atoms with Crippen molar-refractivity contribution in [2.45, 2.75) is 19.4 Å². The Morgan fingerprint density at radius 2 is 2.31 bits per heavy atom. The number of hydrogen-bond acceptors (Lipinski definition) is 3. The fraction of sp³-hybridized carbons (Fsp3) is 0.538. The molecule has 0 radical (unpaired) electrons. The van der Waals surface area contributed by atoms with Crippen molar-refractivity contribution in [2.75, 3.05) is 20.2 Å². The van der Waals surface area contributed by atoms with Gasteiger partial charge in [0, 0.05) is 11.6 Å². The van der Waals surface area contributed by atoms with Gasteiger partial charge in [-0.1, -0.05) is 17.7 Å². The van der Waals surface area contributed by atoms with Crippen LogP contribution >= 0.6 is 0 Å². The first-order valence-corrected chi connectivity index (χ1v) is 5.83. The fourth-order valence-electron chi connectivity index (χ4n) is 2.35. The summed E-state index contributed by atoms with van der Waals surface area (Å²) in [5.41, 5.74) is 8.69. The molecule has 3 N–H and O–H groups in total. The van der Waals surface area contributed by atoms with Gasteiger partial charge in [-0.05, 0) is 38.4 Å². The normalized spacial score (nSPS) is 22.1. The third-order valence-corrected chi connectivity index (χ3v) is 3.35. The maximum atomic E-state index is 6.33. The highest BCUT2D eigenvalue weighted by molar-refractivity contribution is 5.39. The van der Waals surface area contributed by atoms with Crippen molar-refractivity contribution >= 4 is 0 Å². The van der Waals surface area contributed by atoms with Crippen LogP contribution in [0.2, 0.25) is 0 Å². The molecule has 1 aromatic rings. The zero-order valence-electron chi connectivity index (χ0n) is 9.99. The minimum atomic E-state index is 0.0739. The summed E-state index contributed by atoms with van der Waals surface area (Å²) in [5.74, 6) is 1.43. The number of ether oxygens (including phenoxy) is 1. The van der Waals surface area contributed by atoms with Gasteiger partial charge < -0.3 is 15.8 Å². The summed E-state index contributed by atoms with van der Waals surface area (Å²) in [6.45, 7) is 4.17. The molecule has 16 heavy (non-hydrogen) atoms. The van der Waals surface area contributed by atoms with Gasteiger partial charge in [-0.2, -0.15) is 0 Å². The highest BCUT2D eigenvalue weighted by Crippen LogP contribution is 2.31. The number of rotatable bonds is 3. The lowest BCUT2D eigenvalue weighted by atomic mass is 9.91. The molecule has 0 aromatic heterocycles. The first-order valence-electron chi connectivity index (χ1n) is 5.83. The highest BCUT2D eigenvalue weighted by atomic mass is 16.5. The maximum absolute atomic E-state index is 6.33. The molecule has 1 saturated heterocycles. The molecule has 88 valence electrons. The Morgan fingerprint density at radius 3 is 2.94 bits per heavy atom. The van der Waals surface area contributed by atoms with Gasteiger partial charge in [0.1, 0.15) is 5.75 Å². The van der Waals surface area contributed by atoms with E-state index in [9.17, 15) is 0 Å². The molecule has 1 fully saturated rings. The van der Waals surface area contributed by atoms with E-state index in [4.69, 9.17) is 10.5 Å². The van der Waals surface area contributed by atoms with E-state index in [0.29, 0.717) is 5.92 Å². The average Bonchev–Trinajstić information content (AvgIpc) is 2.81. The monoisotopic (exact) mass is 220 g/mol. The van der Waals surface area contributed by atoms with Gasteiger partial charge in [0.25, 0.3) is 0 Å². The highest BCUT2D eigenvalue weighted by Gasteiger charge is 2.25. The molecule has 0 amide bonds. The Bertz CT molecular complexity index is 359. The first-order chi connectivity index (χ1) is 7.72. The van der Waals surface area contributed by atoms with Crippen LogP contribution in [0.15, 0.2) is 18.2 Å². The zero-order chi connectivity index (χ0) is 11.5. The lowest BCUT2D eigenvalue weighted by Crippen LogP contribution is -2.24. The molecule has 2 unspecified atom stereocenters. The molecule has 2 rings (SSSR count). The van der Waals surface area contributed by atoms with Crippen LogP contribution in [-0.4, -0.2) is 20.2 Å². The minimum absolute atomic E-state index is 0.0739. The predicted molar refractivity (Wildman–Crippen MR) is 65.6 cm³/mol. The Morgan fingerprint density at radius 1 is 1.50 bits per heavy atom. The van der Waals surface area contributed by atoms with Crippen molar-refractivity contribution in [1.29, 1.82) is 0 Å². The molecule has 1 aliphatic rings. The van der Waals surface area contributed by atoms with E-state index < -0.39 is 0 Å². The lowest BCUT2D eigenvalue weighted by molar-refractivity contribution is 0.390. The second-order valence-corrected chi connectivity index (χ2v) is 4.52. The number of nitrogens with one attached hydrogen (secondary N) is 1. The summed E-state index contributed by atoms with van der Waals surface area (Å²) >= 11 is 0. The largest absolute Gasteiger partial charge is 0.496 e. The van der Waals surface area contributed by atoms with Crippen LogP contribution in [0.3, 0.4) is 0 Å². The molecule has 2 atom stereocenters. The predicted octanol–water partition coefficient (Wildman–Crippen LogP) is 1.61. The number of hydrogen-bond donors (Lipinski definition) is 2. The summed E-state index contributed by atoms with van der Waals surface area (Å²) in [4.78, 5) is 0. The number of nitrogens with two attached hydrogens (primary N) is 1. The van der Waals surface area contributed by atoms with Gasteiger partial charge in [0.15, 0.2) is 0 Å². The summed E-state index contributed by atoms with van der Waals surface area (Å²) in [6.07, 6.45) is 1.15. The molecule has 0 spiro atoms. The Balaban J connectivity index is 2.26. The fourth-order valence-corrected chi connectivity index (χ4v) is 2.35. The second-order valence-electron chi connectivity index (χ2n) is 4.52. The van der Waals surface area contributed by atoms with Crippen molar-refractivity contribution in [3.05, 3.63) is 29.3 Å². The van der Waals surface area contributed by atoms with Crippen molar-refractivity contribution in [3.8, 4) is 5.75 Å². The summed E-state index contributed by atoms with van der Waals surface area (Å²) in [6, 6.07) is 6.28. The van der Waals surface area contributed by atoms with Crippen LogP contribution in [0.5, 0.6) is 5.75 Å². The standard InChI is InChI=1S/C13H20N2O/c1-9-3-4-12(16-2)11(7-9)13(14)10-5-6-15-8-10/h3-4,7,10,13,15H,5-6,8,14H2,1-2H3. The topological polar surface area (TPSA) is 47.3 Å². The van der Waals surface area contributed by atoms with Gasteiger partial charge in [-0.3, -0.25) is 0 Å². The van der Waals surface area contributed by atoms with Crippen LogP contribution < -0.4 is 15.8 Å². The van der Waals surface area contributed by atoms with Crippen LogP contribution in [-0.2, 0) is 0 Å². The molecule has 3 heteroatoms. The third-order valence-electron chi connectivity index (χ3n) is 3.35. The molecule has 0 aliphatic carbocycles. The van der Waals surface area contributed by atoms with Crippen LogP contribution in [0.25, 0.3) is 0 Å². The van der Waals surface area contributed by atoms with E-state index in [1.807, 2.05) is 6.07 Å². The van der Waals surface area contributed by atoms with Crippen LogP contribution in [0, 0.1) is 12.8 Å². The van der Waals surface area contributed by atoms with Crippen LogP contribution in [0.4, 0.5) is 0 Å².